The Kier molecular flexibility index (Phi) is 7.24. The molecule has 31 heavy (non-hydrogen) atoms. The minimum Gasteiger partial charge on any atom is -0.458 e. The fourth-order valence-electron chi connectivity index (χ4n) is 5.53. The Morgan fingerprint density at radius 1 is 1.10 bits per heavy atom. The van der Waals surface area contributed by atoms with Crippen molar-refractivity contribution in [2.75, 3.05) is 13.2 Å². The third kappa shape index (κ3) is 5.27. The van der Waals surface area contributed by atoms with Crippen molar-refractivity contribution in [1.82, 2.24) is 0 Å². The first-order valence-corrected chi connectivity index (χ1v) is 11.9. The Morgan fingerprint density at radius 3 is 2.61 bits per heavy atom. The van der Waals surface area contributed by atoms with Gasteiger partial charge < -0.3 is 14.2 Å². The fraction of sp³-hybridized carbons (Fsp3) is 0.615. The molecule has 1 aromatic rings. The molecule has 0 bridgehead atoms. The second-order valence-electron chi connectivity index (χ2n) is 9.20. The first-order valence-electron chi connectivity index (χ1n) is 11.9. The van der Waals surface area contributed by atoms with Gasteiger partial charge in [-0.3, -0.25) is 4.79 Å². The molecule has 2 aliphatic carbocycles. The van der Waals surface area contributed by atoms with Gasteiger partial charge >= 0.3 is 5.97 Å². The molecule has 5 nitrogen and oxygen atoms in total. The summed E-state index contributed by atoms with van der Waals surface area (Å²) in [7, 11) is 0. The van der Waals surface area contributed by atoms with Gasteiger partial charge in [0.05, 0.1) is 18.8 Å². The number of allylic oxidation sites excluding steroid dienone is 1. The van der Waals surface area contributed by atoms with Crippen LogP contribution in [0.15, 0.2) is 42.5 Å². The van der Waals surface area contributed by atoms with Crippen LogP contribution in [0.5, 0.6) is 0 Å². The molecule has 1 spiro atoms. The van der Waals surface area contributed by atoms with Crippen molar-refractivity contribution in [1.29, 1.82) is 0 Å². The van der Waals surface area contributed by atoms with Crippen LogP contribution in [-0.2, 0) is 19.0 Å². The van der Waals surface area contributed by atoms with Crippen LogP contribution < -0.4 is 0 Å². The average molecular weight is 427 g/mol. The van der Waals surface area contributed by atoms with Crippen LogP contribution in [0.3, 0.4) is 0 Å². The van der Waals surface area contributed by atoms with Crippen LogP contribution in [0.25, 0.3) is 0 Å². The van der Waals surface area contributed by atoms with E-state index in [1.807, 2.05) is 24.3 Å². The molecule has 5 heteroatoms. The van der Waals surface area contributed by atoms with Crippen molar-refractivity contribution in [3.05, 3.63) is 48.0 Å². The normalized spacial score (nSPS) is 28.9. The molecule has 3 aliphatic rings. The molecular weight excluding hydrogens is 392 g/mol. The number of ketones is 1. The van der Waals surface area contributed by atoms with Crippen molar-refractivity contribution in [3.63, 3.8) is 0 Å². The van der Waals surface area contributed by atoms with E-state index in [4.69, 9.17) is 14.2 Å². The Balaban J connectivity index is 1.43. The maximum Gasteiger partial charge on any atom is 0.338 e. The van der Waals surface area contributed by atoms with Gasteiger partial charge in [0, 0.05) is 25.2 Å². The number of hydrogen-bond acceptors (Lipinski definition) is 5. The Morgan fingerprint density at radius 2 is 1.87 bits per heavy atom. The van der Waals surface area contributed by atoms with Gasteiger partial charge in [0.2, 0.25) is 0 Å². The molecule has 0 radical (unpaired) electrons. The molecule has 0 aromatic heterocycles. The molecule has 2 saturated carbocycles. The minimum atomic E-state index is -0.472. The molecule has 1 aromatic carbocycles. The number of unbranched alkanes of at least 4 members (excludes halogenated alkanes) is 3. The average Bonchev–Trinajstić information content (AvgIpc) is 3.46. The third-order valence-electron chi connectivity index (χ3n) is 7.05. The SMILES string of the molecule is CCCCCCC(=O)/C=C/[C@@H]1[C@H]2CC3(C[C@H]2C[C@H]1OC(=O)c1ccccc1)OCCO3. The van der Waals surface area contributed by atoms with Crippen LogP contribution in [0, 0.1) is 17.8 Å². The Labute approximate surface area is 185 Å². The second-order valence-corrected chi connectivity index (χ2v) is 9.20. The zero-order chi connectivity index (χ0) is 21.7. The first-order chi connectivity index (χ1) is 15.1. The number of carbonyl (C=O) groups is 2. The maximum absolute atomic E-state index is 12.7. The highest BCUT2D eigenvalue weighted by molar-refractivity contribution is 5.90. The molecule has 1 saturated heterocycles. The number of ether oxygens (including phenoxy) is 3. The summed E-state index contributed by atoms with van der Waals surface area (Å²) in [4.78, 5) is 25.1. The van der Waals surface area contributed by atoms with Crippen molar-refractivity contribution in [3.8, 4) is 0 Å². The van der Waals surface area contributed by atoms with Gasteiger partial charge in [-0.1, -0.05) is 50.5 Å². The molecule has 3 fully saturated rings. The fourth-order valence-corrected chi connectivity index (χ4v) is 5.53. The topological polar surface area (TPSA) is 61.8 Å². The lowest BCUT2D eigenvalue weighted by atomic mass is 9.90. The zero-order valence-electron chi connectivity index (χ0n) is 18.5. The van der Waals surface area contributed by atoms with Crippen molar-refractivity contribution < 1.29 is 23.8 Å². The van der Waals surface area contributed by atoms with E-state index in [9.17, 15) is 9.59 Å². The number of rotatable bonds is 9. The van der Waals surface area contributed by atoms with Crippen molar-refractivity contribution in [2.45, 2.75) is 70.2 Å². The monoisotopic (exact) mass is 426 g/mol. The van der Waals surface area contributed by atoms with E-state index in [-0.39, 0.29) is 23.8 Å². The summed E-state index contributed by atoms with van der Waals surface area (Å²) < 4.78 is 17.9. The van der Waals surface area contributed by atoms with E-state index in [1.165, 1.54) is 6.42 Å². The summed E-state index contributed by atoms with van der Waals surface area (Å²) >= 11 is 0. The largest absolute Gasteiger partial charge is 0.458 e. The molecule has 0 N–H and O–H groups in total. The summed E-state index contributed by atoms with van der Waals surface area (Å²) in [6.07, 6.45) is 10.9. The lowest BCUT2D eigenvalue weighted by molar-refractivity contribution is -0.157. The van der Waals surface area contributed by atoms with Crippen LogP contribution in [0.1, 0.15) is 68.6 Å². The van der Waals surface area contributed by atoms with Crippen molar-refractivity contribution in [2.24, 2.45) is 17.8 Å². The summed E-state index contributed by atoms with van der Waals surface area (Å²) in [6.45, 7) is 3.45. The molecule has 1 heterocycles. The molecule has 4 rings (SSSR count). The van der Waals surface area contributed by atoms with Crippen molar-refractivity contribution >= 4 is 11.8 Å². The molecule has 4 atom stereocenters. The number of fused-ring (bicyclic) bond motifs is 1. The smallest absolute Gasteiger partial charge is 0.338 e. The standard InChI is InChI=1S/C26H34O5/c1-2-3-4-8-11-21(27)12-13-22-23-18-26(29-14-15-30-26)17-20(23)16-24(22)31-25(28)19-9-6-5-7-10-19/h5-7,9-10,12-13,20,22-24H,2-4,8,11,14-18H2,1H3/b13-12+/t20-,22-,23+,24-/m1/s1. The second kappa shape index (κ2) is 10.1. The highest BCUT2D eigenvalue weighted by atomic mass is 16.7. The Hall–Kier alpha value is -1.98. The van der Waals surface area contributed by atoms with E-state index in [0.717, 1.165) is 38.5 Å². The Bertz CT molecular complexity index is 780. The van der Waals surface area contributed by atoms with E-state index in [2.05, 4.69) is 6.92 Å². The van der Waals surface area contributed by atoms with Gasteiger partial charge in [-0.15, -0.1) is 0 Å². The number of carbonyl (C=O) groups excluding carboxylic acids is 2. The van der Waals surface area contributed by atoms with Crippen LogP contribution >= 0.6 is 0 Å². The summed E-state index contributed by atoms with van der Waals surface area (Å²) in [5, 5.41) is 0. The predicted molar refractivity (Wildman–Crippen MR) is 118 cm³/mol. The highest BCUT2D eigenvalue weighted by Gasteiger charge is 2.57. The van der Waals surface area contributed by atoms with E-state index < -0.39 is 5.79 Å². The zero-order valence-corrected chi connectivity index (χ0v) is 18.5. The minimum absolute atomic E-state index is 0.0180. The predicted octanol–water partition coefficient (Wildman–Crippen LogP) is 5.10. The summed E-state index contributed by atoms with van der Waals surface area (Å²) in [5.41, 5.74) is 0.563. The van der Waals surface area contributed by atoms with Crippen LogP contribution in [0.2, 0.25) is 0 Å². The van der Waals surface area contributed by atoms with E-state index in [0.29, 0.717) is 37.0 Å². The number of benzene rings is 1. The quantitative estimate of drug-likeness (QED) is 0.312. The molecule has 0 amide bonds. The molecule has 1 aliphatic heterocycles. The third-order valence-corrected chi connectivity index (χ3v) is 7.05. The van der Waals surface area contributed by atoms with Gasteiger partial charge in [0.15, 0.2) is 11.6 Å². The first kappa shape index (κ1) is 22.2. The van der Waals surface area contributed by atoms with Gasteiger partial charge in [-0.2, -0.15) is 0 Å². The molecular formula is C26H34O5. The van der Waals surface area contributed by atoms with Crippen LogP contribution in [-0.4, -0.2) is 36.9 Å². The van der Waals surface area contributed by atoms with E-state index >= 15 is 0 Å². The van der Waals surface area contributed by atoms with Gasteiger partial charge in [0.1, 0.15) is 6.10 Å². The van der Waals surface area contributed by atoms with Crippen LogP contribution in [0.4, 0.5) is 0 Å². The highest BCUT2D eigenvalue weighted by Crippen LogP contribution is 2.55. The van der Waals surface area contributed by atoms with E-state index in [1.54, 1.807) is 18.2 Å². The number of hydrogen-bond donors (Lipinski definition) is 0. The van der Waals surface area contributed by atoms with Gasteiger partial charge in [0.25, 0.3) is 0 Å². The summed E-state index contributed by atoms with van der Waals surface area (Å²) in [5.74, 6) is 0.0907. The number of esters is 1. The molecule has 168 valence electrons. The lowest BCUT2D eigenvalue weighted by Crippen LogP contribution is -2.31. The maximum atomic E-state index is 12.7. The molecule has 0 unspecified atom stereocenters. The summed E-state index contributed by atoms with van der Waals surface area (Å²) in [6, 6.07) is 9.12. The van der Waals surface area contributed by atoms with Gasteiger partial charge in [-0.25, -0.2) is 4.79 Å². The lowest BCUT2D eigenvalue weighted by Gasteiger charge is -2.26. The van der Waals surface area contributed by atoms with Gasteiger partial charge in [-0.05, 0) is 42.9 Å².